The number of carbonyl (C=O) groups is 1. The lowest BCUT2D eigenvalue weighted by Crippen LogP contribution is -2.13. The number of ether oxygens (including phenoxy) is 2. The maximum Gasteiger partial charge on any atom is 0.313 e. The van der Waals surface area contributed by atoms with E-state index < -0.39 is 5.92 Å². The summed E-state index contributed by atoms with van der Waals surface area (Å²) in [4.78, 5) is 16.7. The zero-order valence-electron chi connectivity index (χ0n) is 15.4. The van der Waals surface area contributed by atoms with Crippen LogP contribution in [0.5, 0.6) is 5.75 Å². The number of hydrogen-bond donors (Lipinski definition) is 0. The van der Waals surface area contributed by atoms with Crippen molar-refractivity contribution >= 4 is 28.1 Å². The molecule has 4 rings (SSSR count). The molecule has 7 heteroatoms. The third-order valence-electron chi connectivity index (χ3n) is 4.51. The van der Waals surface area contributed by atoms with Crippen molar-refractivity contribution in [1.82, 2.24) is 10.1 Å². The second kappa shape index (κ2) is 7.82. The van der Waals surface area contributed by atoms with Gasteiger partial charge in [-0.15, -0.1) is 0 Å². The van der Waals surface area contributed by atoms with E-state index in [2.05, 4.69) is 10.1 Å². The van der Waals surface area contributed by atoms with Crippen molar-refractivity contribution in [2.75, 3.05) is 7.11 Å². The third kappa shape index (κ3) is 3.75. The molecule has 0 spiro atoms. The van der Waals surface area contributed by atoms with Crippen LogP contribution in [0.25, 0.3) is 22.2 Å². The van der Waals surface area contributed by atoms with Gasteiger partial charge in [-0.05, 0) is 46.8 Å². The van der Waals surface area contributed by atoms with E-state index in [0.717, 1.165) is 27.6 Å². The SMILES string of the molecule is COc1ccc2cc([C@H](C)C(=O)OCc3nc(-c4ccsc4)no3)ccc2c1. The Balaban J connectivity index is 1.42. The Hall–Kier alpha value is -3.19. The highest BCUT2D eigenvalue weighted by atomic mass is 32.1. The van der Waals surface area contributed by atoms with Crippen LogP contribution < -0.4 is 4.74 Å². The van der Waals surface area contributed by atoms with Crippen molar-refractivity contribution in [3.63, 3.8) is 0 Å². The first kappa shape index (κ1) is 18.2. The molecule has 0 aliphatic carbocycles. The van der Waals surface area contributed by atoms with Crippen molar-refractivity contribution < 1.29 is 18.8 Å². The highest BCUT2D eigenvalue weighted by molar-refractivity contribution is 7.08. The van der Waals surface area contributed by atoms with Gasteiger partial charge in [0.05, 0.1) is 13.0 Å². The van der Waals surface area contributed by atoms with Crippen LogP contribution in [-0.4, -0.2) is 23.2 Å². The predicted octanol–water partition coefficient (Wildman–Crippen LogP) is 4.81. The van der Waals surface area contributed by atoms with Gasteiger partial charge >= 0.3 is 5.97 Å². The highest BCUT2D eigenvalue weighted by Gasteiger charge is 2.19. The number of fused-ring (bicyclic) bond motifs is 1. The normalized spacial score (nSPS) is 12.1. The number of nitrogens with zero attached hydrogens (tertiary/aromatic N) is 2. The quantitative estimate of drug-likeness (QED) is 0.437. The number of aromatic nitrogens is 2. The van der Waals surface area contributed by atoms with Crippen LogP contribution in [0.4, 0.5) is 0 Å². The molecule has 0 bridgehead atoms. The molecule has 0 saturated heterocycles. The largest absolute Gasteiger partial charge is 0.497 e. The molecule has 1 atom stereocenters. The zero-order chi connectivity index (χ0) is 19.5. The summed E-state index contributed by atoms with van der Waals surface area (Å²) in [5.41, 5.74) is 1.76. The molecule has 0 amide bonds. The molecule has 0 unspecified atom stereocenters. The molecule has 28 heavy (non-hydrogen) atoms. The summed E-state index contributed by atoms with van der Waals surface area (Å²) in [5.74, 6) is 0.806. The van der Waals surface area contributed by atoms with E-state index in [4.69, 9.17) is 14.0 Å². The van der Waals surface area contributed by atoms with Crippen LogP contribution >= 0.6 is 11.3 Å². The fourth-order valence-electron chi connectivity index (χ4n) is 2.86. The molecule has 2 aromatic carbocycles. The number of thiophene rings is 1. The molecule has 0 fully saturated rings. The van der Waals surface area contributed by atoms with E-state index in [0.29, 0.717) is 5.82 Å². The minimum Gasteiger partial charge on any atom is -0.497 e. The summed E-state index contributed by atoms with van der Waals surface area (Å²) >= 11 is 1.55. The maximum absolute atomic E-state index is 12.5. The van der Waals surface area contributed by atoms with Crippen LogP contribution in [0.1, 0.15) is 24.3 Å². The lowest BCUT2D eigenvalue weighted by atomic mass is 9.98. The molecular weight excluding hydrogens is 376 g/mol. The Labute approximate surface area is 165 Å². The van der Waals surface area contributed by atoms with E-state index >= 15 is 0 Å². The van der Waals surface area contributed by atoms with Gasteiger partial charge < -0.3 is 14.0 Å². The minimum atomic E-state index is -0.411. The Kier molecular flexibility index (Phi) is 5.08. The summed E-state index contributed by atoms with van der Waals surface area (Å²) in [6.07, 6.45) is 0. The Bertz CT molecular complexity index is 1100. The average Bonchev–Trinajstić information content (AvgIpc) is 3.42. The lowest BCUT2D eigenvalue weighted by Gasteiger charge is -2.12. The van der Waals surface area contributed by atoms with Crippen molar-refractivity contribution in [1.29, 1.82) is 0 Å². The standard InChI is InChI=1S/C21H18N2O4S/c1-13(14-3-4-16-10-18(25-2)6-5-15(16)9-14)21(24)26-11-19-22-20(23-27-19)17-7-8-28-12-17/h3-10,12-13H,11H2,1-2H3/t13-/m0/s1. The van der Waals surface area contributed by atoms with E-state index in [1.807, 2.05) is 60.1 Å². The maximum atomic E-state index is 12.5. The predicted molar refractivity (Wildman–Crippen MR) is 106 cm³/mol. The fourth-order valence-corrected chi connectivity index (χ4v) is 3.49. The topological polar surface area (TPSA) is 74.5 Å². The van der Waals surface area contributed by atoms with E-state index in [9.17, 15) is 4.79 Å². The summed E-state index contributed by atoms with van der Waals surface area (Å²) in [6.45, 7) is 1.77. The van der Waals surface area contributed by atoms with Gasteiger partial charge in [-0.1, -0.05) is 29.4 Å². The fraction of sp³-hybridized carbons (Fsp3) is 0.190. The van der Waals surface area contributed by atoms with Crippen LogP contribution in [-0.2, 0) is 16.1 Å². The van der Waals surface area contributed by atoms with Gasteiger partial charge in [-0.25, -0.2) is 0 Å². The van der Waals surface area contributed by atoms with Gasteiger partial charge in [0, 0.05) is 10.9 Å². The van der Waals surface area contributed by atoms with Crippen molar-refractivity contribution in [2.45, 2.75) is 19.4 Å². The molecule has 0 aliphatic heterocycles. The first-order valence-corrected chi connectivity index (χ1v) is 9.68. The molecular formula is C21H18N2O4S. The number of benzene rings is 2. The number of carbonyl (C=O) groups excluding carboxylic acids is 1. The van der Waals surface area contributed by atoms with Gasteiger partial charge in [0.2, 0.25) is 5.82 Å². The van der Waals surface area contributed by atoms with Gasteiger partial charge in [-0.2, -0.15) is 16.3 Å². The van der Waals surface area contributed by atoms with Crippen molar-refractivity contribution in [3.8, 4) is 17.1 Å². The van der Waals surface area contributed by atoms with Crippen molar-refractivity contribution in [3.05, 3.63) is 64.7 Å². The van der Waals surface area contributed by atoms with E-state index in [1.54, 1.807) is 18.4 Å². The Morgan fingerprint density at radius 2 is 2.00 bits per heavy atom. The third-order valence-corrected chi connectivity index (χ3v) is 5.19. The molecule has 142 valence electrons. The molecule has 6 nitrogen and oxygen atoms in total. The Morgan fingerprint density at radius 1 is 1.18 bits per heavy atom. The minimum absolute atomic E-state index is 0.0505. The van der Waals surface area contributed by atoms with Gasteiger partial charge in [0.15, 0.2) is 6.61 Å². The van der Waals surface area contributed by atoms with Crippen molar-refractivity contribution in [2.24, 2.45) is 0 Å². The molecule has 0 aliphatic rings. The van der Waals surface area contributed by atoms with Gasteiger partial charge in [0.25, 0.3) is 5.89 Å². The molecule has 2 heterocycles. The zero-order valence-corrected chi connectivity index (χ0v) is 16.2. The monoisotopic (exact) mass is 394 g/mol. The van der Waals surface area contributed by atoms with E-state index in [-0.39, 0.29) is 18.5 Å². The molecule has 0 saturated carbocycles. The molecule has 0 N–H and O–H groups in total. The number of rotatable bonds is 6. The summed E-state index contributed by atoms with van der Waals surface area (Å²) < 4.78 is 15.8. The van der Waals surface area contributed by atoms with Crippen LogP contribution in [0.15, 0.2) is 57.7 Å². The summed E-state index contributed by atoms with van der Waals surface area (Å²) in [7, 11) is 1.64. The van der Waals surface area contributed by atoms with Crippen LogP contribution in [0.3, 0.4) is 0 Å². The van der Waals surface area contributed by atoms with E-state index in [1.165, 1.54) is 0 Å². The second-order valence-electron chi connectivity index (χ2n) is 6.33. The first-order chi connectivity index (χ1) is 13.6. The molecule has 0 radical (unpaired) electrons. The summed E-state index contributed by atoms with van der Waals surface area (Å²) in [6, 6.07) is 13.6. The van der Waals surface area contributed by atoms with Crippen LogP contribution in [0, 0.1) is 0 Å². The van der Waals surface area contributed by atoms with Gasteiger partial charge in [-0.3, -0.25) is 4.79 Å². The first-order valence-electron chi connectivity index (χ1n) is 8.73. The lowest BCUT2D eigenvalue weighted by molar-refractivity contribution is -0.147. The highest BCUT2D eigenvalue weighted by Crippen LogP contribution is 2.26. The second-order valence-corrected chi connectivity index (χ2v) is 7.11. The molecule has 4 aromatic rings. The van der Waals surface area contributed by atoms with Crippen LogP contribution in [0.2, 0.25) is 0 Å². The number of esters is 1. The average molecular weight is 394 g/mol. The molecule has 2 aromatic heterocycles. The Morgan fingerprint density at radius 3 is 2.79 bits per heavy atom. The smallest absolute Gasteiger partial charge is 0.313 e. The number of methoxy groups -OCH3 is 1. The van der Waals surface area contributed by atoms with Gasteiger partial charge in [0.1, 0.15) is 5.75 Å². The summed E-state index contributed by atoms with van der Waals surface area (Å²) in [5, 5.41) is 9.86. The number of hydrogen-bond acceptors (Lipinski definition) is 7.